The van der Waals surface area contributed by atoms with Crippen molar-refractivity contribution in [1.29, 1.82) is 0 Å². The fourth-order valence-corrected chi connectivity index (χ4v) is 4.16. The summed E-state index contributed by atoms with van der Waals surface area (Å²) in [6.45, 7) is 3.29. The molecule has 1 fully saturated rings. The minimum absolute atomic E-state index is 0.171. The van der Waals surface area contributed by atoms with Gasteiger partial charge < -0.3 is 13.7 Å². The quantitative estimate of drug-likeness (QED) is 0.178. The summed E-state index contributed by atoms with van der Waals surface area (Å²) in [7, 11) is -5.65. The molecule has 5 nitrogen and oxygen atoms in total. The highest BCUT2D eigenvalue weighted by molar-refractivity contribution is 7.88. The van der Waals surface area contributed by atoms with Gasteiger partial charge in [-0.3, -0.25) is 0 Å². The molecule has 0 N–H and O–H groups in total. The zero-order valence-corrected chi connectivity index (χ0v) is 17.4. The average Bonchev–Trinajstić information content (AvgIpc) is 2.59. The first kappa shape index (κ1) is 22.3. The molecule has 2 rings (SSSR count). The van der Waals surface area contributed by atoms with Gasteiger partial charge in [0.2, 0.25) is 3.57 Å². The lowest BCUT2D eigenvalue weighted by molar-refractivity contribution is -0.535. The van der Waals surface area contributed by atoms with E-state index in [9.17, 15) is 21.6 Å². The van der Waals surface area contributed by atoms with Gasteiger partial charge in [0.1, 0.15) is 5.75 Å². The predicted octanol–water partition coefficient (Wildman–Crippen LogP) is 0.314. The van der Waals surface area contributed by atoms with Crippen molar-refractivity contribution < 1.29 is 56.5 Å². The Kier molecular flexibility index (Phi) is 8.20. The van der Waals surface area contributed by atoms with Crippen LogP contribution in [0.25, 0.3) is 0 Å². The summed E-state index contributed by atoms with van der Waals surface area (Å²) in [6.07, 6.45) is 2.54. The van der Waals surface area contributed by atoms with Crippen molar-refractivity contribution in [2.24, 2.45) is 5.92 Å². The molecule has 0 unspecified atom stereocenters. The third kappa shape index (κ3) is 7.14. The molecule has 27 heavy (non-hydrogen) atoms. The fraction of sp³-hybridized carbons (Fsp3) is 0.529. The Morgan fingerprint density at radius 2 is 2.00 bits per heavy atom. The molecule has 0 radical (unpaired) electrons. The SMILES string of the molecule is C[C@H]1CCCO[C@@H]1OCCC#C[I+]c1ccc(OS(=O)(=O)C(F)(F)F)cc1. The van der Waals surface area contributed by atoms with Crippen molar-refractivity contribution in [1.82, 2.24) is 0 Å². The summed E-state index contributed by atoms with van der Waals surface area (Å²) in [5, 5.41) is 0. The second kappa shape index (κ2) is 9.95. The maximum absolute atomic E-state index is 12.3. The third-order valence-electron chi connectivity index (χ3n) is 3.59. The number of hydrogen-bond donors (Lipinski definition) is 0. The van der Waals surface area contributed by atoms with E-state index in [0.717, 1.165) is 23.0 Å². The number of alkyl halides is 3. The first-order valence-corrected chi connectivity index (χ1v) is 11.7. The molecular formula is C17H19F3IO5S+. The van der Waals surface area contributed by atoms with Crippen LogP contribution < -0.4 is 25.4 Å². The van der Waals surface area contributed by atoms with Gasteiger partial charge in [-0.05, 0) is 43.0 Å². The molecule has 1 heterocycles. The molecule has 2 atom stereocenters. The number of hydrogen-bond acceptors (Lipinski definition) is 5. The van der Waals surface area contributed by atoms with Gasteiger partial charge in [-0.15, -0.1) is 0 Å². The smallest absolute Gasteiger partial charge is 0.376 e. The molecule has 1 saturated heterocycles. The molecule has 10 heteroatoms. The highest BCUT2D eigenvalue weighted by atomic mass is 127. The monoisotopic (exact) mass is 519 g/mol. The van der Waals surface area contributed by atoms with Crippen LogP contribution in [0.5, 0.6) is 5.75 Å². The van der Waals surface area contributed by atoms with Gasteiger partial charge in [-0.1, -0.05) is 6.92 Å². The molecule has 0 saturated carbocycles. The molecule has 0 bridgehead atoms. The highest BCUT2D eigenvalue weighted by Gasteiger charge is 2.48. The van der Waals surface area contributed by atoms with Crippen LogP contribution in [0.2, 0.25) is 0 Å². The van der Waals surface area contributed by atoms with E-state index < -0.39 is 36.8 Å². The van der Waals surface area contributed by atoms with E-state index in [2.05, 4.69) is 21.0 Å². The Hall–Kier alpha value is -1.03. The van der Waals surface area contributed by atoms with Crippen LogP contribution in [0, 0.1) is 19.3 Å². The van der Waals surface area contributed by atoms with Gasteiger partial charge in [0.15, 0.2) is 10.2 Å². The Morgan fingerprint density at radius 3 is 2.63 bits per heavy atom. The van der Waals surface area contributed by atoms with Crippen molar-refractivity contribution in [2.45, 2.75) is 38.0 Å². The molecule has 1 aliphatic rings. The molecule has 150 valence electrons. The Labute approximate surface area is 166 Å². The van der Waals surface area contributed by atoms with Crippen molar-refractivity contribution >= 4 is 10.1 Å². The zero-order chi connectivity index (χ0) is 19.9. The van der Waals surface area contributed by atoms with E-state index in [1.54, 1.807) is 0 Å². The second-order valence-electron chi connectivity index (χ2n) is 5.78. The van der Waals surface area contributed by atoms with Gasteiger partial charge >= 0.3 is 36.8 Å². The lowest BCUT2D eigenvalue weighted by atomic mass is 10.0. The molecule has 0 amide bonds. The average molecular weight is 519 g/mol. The van der Waals surface area contributed by atoms with Gasteiger partial charge in [0, 0.05) is 18.9 Å². The van der Waals surface area contributed by atoms with Gasteiger partial charge in [0.25, 0.3) is 0 Å². The van der Waals surface area contributed by atoms with E-state index in [4.69, 9.17) is 9.47 Å². The summed E-state index contributed by atoms with van der Waals surface area (Å²) >= 11 is -0.661. The lowest BCUT2D eigenvalue weighted by Gasteiger charge is -2.28. The largest absolute Gasteiger partial charge is 0.534 e. The van der Waals surface area contributed by atoms with Crippen LogP contribution in [0.4, 0.5) is 13.2 Å². The molecule has 1 aromatic carbocycles. The second-order valence-corrected chi connectivity index (χ2v) is 9.64. The van der Waals surface area contributed by atoms with Crippen molar-refractivity contribution in [3.63, 3.8) is 0 Å². The lowest BCUT2D eigenvalue weighted by Crippen LogP contribution is -3.59. The van der Waals surface area contributed by atoms with Crippen molar-refractivity contribution in [3.8, 4) is 15.6 Å². The fourth-order valence-electron chi connectivity index (χ4n) is 2.21. The summed E-state index contributed by atoms with van der Waals surface area (Å²) in [4.78, 5) is 0. The summed E-state index contributed by atoms with van der Waals surface area (Å²) in [6, 6.07) is 5.39. The van der Waals surface area contributed by atoms with Crippen LogP contribution in [0.1, 0.15) is 26.2 Å². The number of benzene rings is 1. The van der Waals surface area contributed by atoms with E-state index in [1.165, 1.54) is 24.3 Å². The Balaban J connectivity index is 1.75. The predicted molar refractivity (Wildman–Crippen MR) is 87.2 cm³/mol. The van der Waals surface area contributed by atoms with E-state index in [-0.39, 0.29) is 12.0 Å². The molecule has 0 aliphatic carbocycles. The Bertz CT molecular complexity index is 768. The normalized spacial score (nSPS) is 20.6. The van der Waals surface area contributed by atoms with E-state index in [0.29, 0.717) is 18.9 Å². The molecule has 0 aromatic heterocycles. The van der Waals surface area contributed by atoms with E-state index >= 15 is 0 Å². The van der Waals surface area contributed by atoms with Crippen LogP contribution in [0.3, 0.4) is 0 Å². The molecule has 0 spiro atoms. The first-order valence-electron chi connectivity index (χ1n) is 8.15. The maximum Gasteiger partial charge on any atom is 0.534 e. The Morgan fingerprint density at radius 1 is 1.30 bits per heavy atom. The molecular weight excluding hydrogens is 500 g/mol. The van der Waals surface area contributed by atoms with Gasteiger partial charge in [-0.25, -0.2) is 0 Å². The summed E-state index contributed by atoms with van der Waals surface area (Å²) < 4.78 is 77.8. The van der Waals surface area contributed by atoms with Gasteiger partial charge in [0.05, 0.1) is 6.61 Å². The number of ether oxygens (including phenoxy) is 2. The standard InChI is InChI=1S/C17H19F3IO5S/c1-13-5-4-12-25-16(13)24-11-3-2-10-21-14-6-8-15(9-7-14)26-27(22,23)17(18,19)20/h6-9,13,16H,3-5,11-12H2,1H3/q+1/t13-,16-/m0/s1. The van der Waals surface area contributed by atoms with Crippen LogP contribution in [-0.4, -0.2) is 33.4 Å². The number of rotatable bonds is 6. The van der Waals surface area contributed by atoms with Crippen molar-refractivity contribution in [2.75, 3.05) is 13.2 Å². The summed E-state index contributed by atoms with van der Waals surface area (Å²) in [5.41, 5.74) is -5.45. The van der Waals surface area contributed by atoms with Crippen LogP contribution in [0.15, 0.2) is 24.3 Å². The van der Waals surface area contributed by atoms with Crippen molar-refractivity contribution in [3.05, 3.63) is 27.8 Å². The maximum atomic E-state index is 12.3. The van der Waals surface area contributed by atoms with Crippen LogP contribution in [-0.2, 0) is 19.6 Å². The topological polar surface area (TPSA) is 61.8 Å². The molecule has 1 aliphatic heterocycles. The summed E-state index contributed by atoms with van der Waals surface area (Å²) in [5.74, 6) is 2.99. The number of halogens is 4. The van der Waals surface area contributed by atoms with Crippen LogP contribution >= 0.6 is 0 Å². The minimum Gasteiger partial charge on any atom is -0.376 e. The minimum atomic E-state index is -5.65. The van der Waals surface area contributed by atoms with E-state index in [1.807, 2.05) is 0 Å². The highest BCUT2D eigenvalue weighted by Crippen LogP contribution is 2.26. The first-order chi connectivity index (χ1) is 12.7. The van der Waals surface area contributed by atoms with Gasteiger partial charge in [-0.2, -0.15) is 21.6 Å². The molecule has 1 aromatic rings. The zero-order valence-electron chi connectivity index (χ0n) is 14.5. The third-order valence-corrected chi connectivity index (χ3v) is 6.56.